The molecule has 4 nitrogen and oxygen atoms in total. The van der Waals surface area contributed by atoms with E-state index in [0.29, 0.717) is 11.0 Å². The van der Waals surface area contributed by atoms with Crippen molar-refractivity contribution in [2.45, 2.75) is 13.0 Å². The Balaban J connectivity index is 2.02. The molecule has 0 radical (unpaired) electrons. The van der Waals surface area contributed by atoms with Gasteiger partial charge in [0.2, 0.25) is 0 Å². The third kappa shape index (κ3) is 3.54. The molecular weight excluding hydrogens is 326 g/mol. The van der Waals surface area contributed by atoms with Gasteiger partial charge in [0.15, 0.2) is 0 Å². The SMILES string of the molecule is C=CCn1ncc(NCCc2ccsc2)c(Br)c1=O. The van der Waals surface area contributed by atoms with E-state index in [1.54, 1.807) is 23.6 Å². The van der Waals surface area contributed by atoms with Crippen LogP contribution in [0.3, 0.4) is 0 Å². The van der Waals surface area contributed by atoms with Crippen molar-refractivity contribution in [3.63, 3.8) is 0 Å². The number of anilines is 1. The Morgan fingerprint density at radius 2 is 2.42 bits per heavy atom. The summed E-state index contributed by atoms with van der Waals surface area (Å²) in [4.78, 5) is 11.9. The van der Waals surface area contributed by atoms with Crippen molar-refractivity contribution in [2.24, 2.45) is 0 Å². The van der Waals surface area contributed by atoms with Crippen LogP contribution in [-0.4, -0.2) is 16.3 Å². The van der Waals surface area contributed by atoms with Gasteiger partial charge in [-0.2, -0.15) is 16.4 Å². The Bertz CT molecular complexity index is 607. The summed E-state index contributed by atoms with van der Waals surface area (Å²) in [5.41, 5.74) is 1.86. The minimum Gasteiger partial charge on any atom is -0.382 e. The van der Waals surface area contributed by atoms with E-state index < -0.39 is 0 Å². The standard InChI is InChI=1S/C13H14BrN3OS/c1-2-6-17-13(18)12(14)11(8-16-17)15-5-3-10-4-7-19-9-10/h2,4,7-9,15H,1,3,5-6H2. The molecule has 0 amide bonds. The third-order valence-corrected chi connectivity index (χ3v) is 4.09. The van der Waals surface area contributed by atoms with E-state index in [0.717, 1.165) is 18.7 Å². The first-order valence-electron chi connectivity index (χ1n) is 5.84. The van der Waals surface area contributed by atoms with Gasteiger partial charge in [-0.1, -0.05) is 6.08 Å². The molecule has 2 aromatic rings. The molecular formula is C13H14BrN3OS. The summed E-state index contributed by atoms with van der Waals surface area (Å²) in [6, 6.07) is 2.10. The van der Waals surface area contributed by atoms with E-state index in [1.165, 1.54) is 10.2 Å². The molecule has 0 saturated carbocycles. The van der Waals surface area contributed by atoms with Gasteiger partial charge in [-0.25, -0.2) is 4.68 Å². The molecule has 1 N–H and O–H groups in total. The van der Waals surface area contributed by atoms with Crippen molar-refractivity contribution in [1.82, 2.24) is 9.78 Å². The lowest BCUT2D eigenvalue weighted by Gasteiger charge is -2.09. The fourth-order valence-corrected chi connectivity index (χ4v) is 2.77. The van der Waals surface area contributed by atoms with Gasteiger partial charge < -0.3 is 5.32 Å². The van der Waals surface area contributed by atoms with Crippen molar-refractivity contribution in [3.05, 3.63) is 56.1 Å². The number of thiophene rings is 1. The van der Waals surface area contributed by atoms with E-state index in [-0.39, 0.29) is 5.56 Å². The van der Waals surface area contributed by atoms with Gasteiger partial charge in [-0.3, -0.25) is 4.79 Å². The molecule has 2 aromatic heterocycles. The number of hydrogen-bond donors (Lipinski definition) is 1. The van der Waals surface area contributed by atoms with Crippen LogP contribution in [0.2, 0.25) is 0 Å². The smallest absolute Gasteiger partial charge is 0.283 e. The van der Waals surface area contributed by atoms with Crippen molar-refractivity contribution in [3.8, 4) is 0 Å². The van der Waals surface area contributed by atoms with E-state index in [4.69, 9.17) is 0 Å². The first-order valence-corrected chi connectivity index (χ1v) is 7.57. The number of aromatic nitrogens is 2. The van der Waals surface area contributed by atoms with Crippen LogP contribution < -0.4 is 10.9 Å². The number of allylic oxidation sites excluding steroid dienone is 1. The van der Waals surface area contributed by atoms with Crippen molar-refractivity contribution < 1.29 is 0 Å². The molecule has 0 saturated heterocycles. The lowest BCUT2D eigenvalue weighted by atomic mass is 10.2. The van der Waals surface area contributed by atoms with E-state index in [2.05, 4.69) is 49.8 Å². The zero-order valence-electron chi connectivity index (χ0n) is 10.3. The summed E-state index contributed by atoms with van der Waals surface area (Å²) < 4.78 is 1.87. The minimum absolute atomic E-state index is 0.152. The Morgan fingerprint density at radius 1 is 1.58 bits per heavy atom. The second kappa shape index (κ2) is 6.68. The highest BCUT2D eigenvalue weighted by atomic mass is 79.9. The zero-order valence-corrected chi connectivity index (χ0v) is 12.7. The Hall–Kier alpha value is -1.40. The molecule has 0 unspecified atom stereocenters. The fourth-order valence-electron chi connectivity index (χ4n) is 1.62. The monoisotopic (exact) mass is 339 g/mol. The van der Waals surface area contributed by atoms with Crippen LogP contribution >= 0.6 is 27.3 Å². The lowest BCUT2D eigenvalue weighted by molar-refractivity contribution is 0.649. The first kappa shape index (κ1) is 14.0. The highest BCUT2D eigenvalue weighted by Crippen LogP contribution is 2.16. The second-order valence-electron chi connectivity index (χ2n) is 3.96. The summed E-state index contributed by atoms with van der Waals surface area (Å²) in [7, 11) is 0. The molecule has 0 aliphatic carbocycles. The Kier molecular flexibility index (Phi) is 4.93. The molecule has 0 aromatic carbocycles. The molecule has 0 atom stereocenters. The summed E-state index contributed by atoms with van der Waals surface area (Å²) in [6.45, 7) is 4.77. The van der Waals surface area contributed by atoms with Crippen LogP contribution in [0.15, 0.2) is 44.9 Å². The van der Waals surface area contributed by atoms with Gasteiger partial charge in [0.25, 0.3) is 5.56 Å². The molecule has 0 bridgehead atoms. The van der Waals surface area contributed by atoms with Crippen molar-refractivity contribution in [1.29, 1.82) is 0 Å². The molecule has 0 spiro atoms. The molecule has 100 valence electrons. The fraction of sp³-hybridized carbons (Fsp3) is 0.231. The Morgan fingerprint density at radius 3 is 3.11 bits per heavy atom. The van der Waals surface area contributed by atoms with Gasteiger partial charge >= 0.3 is 0 Å². The zero-order chi connectivity index (χ0) is 13.7. The molecule has 2 rings (SSSR count). The second-order valence-corrected chi connectivity index (χ2v) is 5.53. The summed E-state index contributed by atoms with van der Waals surface area (Å²) >= 11 is 5.00. The minimum atomic E-state index is -0.152. The largest absolute Gasteiger partial charge is 0.382 e. The normalized spacial score (nSPS) is 10.4. The van der Waals surface area contributed by atoms with E-state index in [1.807, 2.05) is 0 Å². The maximum Gasteiger partial charge on any atom is 0.283 e. The maximum atomic E-state index is 11.9. The third-order valence-electron chi connectivity index (χ3n) is 2.60. The summed E-state index contributed by atoms with van der Waals surface area (Å²) in [5.74, 6) is 0. The van der Waals surface area contributed by atoms with Crippen LogP contribution in [0.4, 0.5) is 5.69 Å². The van der Waals surface area contributed by atoms with E-state index >= 15 is 0 Å². The quantitative estimate of drug-likeness (QED) is 0.823. The summed E-state index contributed by atoms with van der Waals surface area (Å²) in [6.07, 6.45) is 4.22. The number of nitrogens with one attached hydrogen (secondary N) is 1. The predicted molar refractivity (Wildman–Crippen MR) is 82.9 cm³/mol. The average Bonchev–Trinajstić information content (AvgIpc) is 2.91. The molecule has 0 aliphatic heterocycles. The van der Waals surface area contributed by atoms with Crippen LogP contribution in [0.25, 0.3) is 0 Å². The molecule has 19 heavy (non-hydrogen) atoms. The van der Waals surface area contributed by atoms with Crippen LogP contribution in [-0.2, 0) is 13.0 Å². The van der Waals surface area contributed by atoms with Gasteiger partial charge in [0.05, 0.1) is 18.4 Å². The Labute approximate surface area is 123 Å². The van der Waals surface area contributed by atoms with Crippen molar-refractivity contribution >= 4 is 33.0 Å². The van der Waals surface area contributed by atoms with Gasteiger partial charge in [-0.05, 0) is 44.7 Å². The number of nitrogens with zero attached hydrogens (tertiary/aromatic N) is 2. The van der Waals surface area contributed by atoms with Crippen molar-refractivity contribution in [2.75, 3.05) is 11.9 Å². The van der Waals surface area contributed by atoms with Gasteiger partial charge in [0.1, 0.15) is 4.47 Å². The molecule has 0 fully saturated rings. The first-order chi connectivity index (χ1) is 9.22. The van der Waals surface area contributed by atoms with Crippen LogP contribution in [0.1, 0.15) is 5.56 Å². The number of hydrogen-bond acceptors (Lipinski definition) is 4. The average molecular weight is 340 g/mol. The van der Waals surface area contributed by atoms with Gasteiger partial charge in [-0.15, -0.1) is 6.58 Å². The number of rotatable bonds is 6. The highest BCUT2D eigenvalue weighted by Gasteiger charge is 2.07. The lowest BCUT2D eigenvalue weighted by Crippen LogP contribution is -2.24. The predicted octanol–water partition coefficient (Wildman–Crippen LogP) is 2.91. The topological polar surface area (TPSA) is 46.9 Å². The molecule has 0 aliphatic rings. The van der Waals surface area contributed by atoms with Crippen LogP contribution in [0.5, 0.6) is 0 Å². The van der Waals surface area contributed by atoms with Gasteiger partial charge in [0, 0.05) is 6.54 Å². The number of halogens is 1. The maximum absolute atomic E-state index is 11.9. The highest BCUT2D eigenvalue weighted by molar-refractivity contribution is 9.10. The molecule has 2 heterocycles. The summed E-state index contributed by atoms with van der Waals surface area (Å²) in [5, 5.41) is 11.5. The van der Waals surface area contributed by atoms with E-state index in [9.17, 15) is 4.79 Å². The van der Waals surface area contributed by atoms with Crippen LogP contribution in [0, 0.1) is 0 Å². The molecule has 6 heteroatoms.